The first kappa shape index (κ1) is 14.4. The van der Waals surface area contributed by atoms with E-state index in [2.05, 4.69) is 21.2 Å². The van der Waals surface area contributed by atoms with E-state index in [1.54, 1.807) is 12.1 Å². The Labute approximate surface area is 120 Å². The van der Waals surface area contributed by atoms with Crippen molar-refractivity contribution in [3.63, 3.8) is 0 Å². The predicted octanol–water partition coefficient (Wildman–Crippen LogP) is 3.70. The molecule has 7 heteroatoms. The normalized spacial score (nSPS) is 10.4. The standard InChI is InChI=1S/C13H8BrF3N2O/c14-7-3-1-2-6(12(7)18)13(20)19-9-5-4-8(15)10(16)11(9)17/h1-5H,18H2,(H,19,20). The second-order valence-electron chi connectivity index (χ2n) is 3.88. The van der Waals surface area contributed by atoms with Crippen molar-refractivity contribution in [2.24, 2.45) is 0 Å². The lowest BCUT2D eigenvalue weighted by Crippen LogP contribution is -2.15. The first-order valence-electron chi connectivity index (χ1n) is 5.40. The quantitative estimate of drug-likeness (QED) is 0.644. The molecular weight excluding hydrogens is 337 g/mol. The van der Waals surface area contributed by atoms with Gasteiger partial charge in [-0.05, 0) is 40.2 Å². The van der Waals surface area contributed by atoms with Gasteiger partial charge >= 0.3 is 0 Å². The van der Waals surface area contributed by atoms with Gasteiger partial charge in [-0.25, -0.2) is 13.2 Å². The van der Waals surface area contributed by atoms with Gasteiger partial charge in [-0.1, -0.05) is 6.07 Å². The molecule has 0 spiro atoms. The van der Waals surface area contributed by atoms with Crippen LogP contribution in [0, 0.1) is 17.5 Å². The lowest BCUT2D eigenvalue weighted by Gasteiger charge is -2.09. The fraction of sp³-hybridized carbons (Fsp3) is 0. The summed E-state index contributed by atoms with van der Waals surface area (Å²) in [6, 6.07) is 6.27. The minimum absolute atomic E-state index is 0.0866. The highest BCUT2D eigenvalue weighted by Crippen LogP contribution is 2.25. The number of hydrogen-bond acceptors (Lipinski definition) is 2. The van der Waals surface area contributed by atoms with E-state index in [1.165, 1.54) is 6.07 Å². The summed E-state index contributed by atoms with van der Waals surface area (Å²) < 4.78 is 39.8. The Morgan fingerprint density at radius 2 is 1.80 bits per heavy atom. The monoisotopic (exact) mass is 344 g/mol. The van der Waals surface area contributed by atoms with Crippen LogP contribution in [0.25, 0.3) is 0 Å². The molecule has 104 valence electrons. The number of amides is 1. The van der Waals surface area contributed by atoms with Crippen LogP contribution in [-0.4, -0.2) is 5.91 Å². The van der Waals surface area contributed by atoms with Crippen LogP contribution < -0.4 is 11.1 Å². The van der Waals surface area contributed by atoms with Crippen molar-refractivity contribution < 1.29 is 18.0 Å². The van der Waals surface area contributed by atoms with Crippen LogP contribution in [0.1, 0.15) is 10.4 Å². The summed E-state index contributed by atoms with van der Waals surface area (Å²) in [6.07, 6.45) is 0. The number of nitrogens with one attached hydrogen (secondary N) is 1. The zero-order chi connectivity index (χ0) is 14.9. The Morgan fingerprint density at radius 1 is 1.10 bits per heavy atom. The smallest absolute Gasteiger partial charge is 0.257 e. The van der Waals surface area contributed by atoms with Crippen LogP contribution in [-0.2, 0) is 0 Å². The number of halogens is 4. The molecule has 0 bridgehead atoms. The summed E-state index contributed by atoms with van der Waals surface area (Å²) in [5.74, 6) is -5.17. The number of anilines is 2. The molecule has 0 heterocycles. The van der Waals surface area contributed by atoms with Crippen molar-refractivity contribution in [3.05, 3.63) is 57.8 Å². The summed E-state index contributed by atoms with van der Waals surface area (Å²) in [5.41, 5.74) is 5.48. The lowest BCUT2D eigenvalue weighted by atomic mass is 10.1. The largest absolute Gasteiger partial charge is 0.397 e. The molecule has 3 nitrogen and oxygen atoms in total. The maximum atomic E-state index is 13.4. The van der Waals surface area contributed by atoms with Gasteiger partial charge in [-0.2, -0.15) is 0 Å². The van der Waals surface area contributed by atoms with Crippen molar-refractivity contribution in [1.82, 2.24) is 0 Å². The van der Waals surface area contributed by atoms with E-state index in [1.807, 2.05) is 0 Å². The number of para-hydroxylation sites is 1. The minimum atomic E-state index is -1.65. The SMILES string of the molecule is Nc1c(Br)cccc1C(=O)Nc1ccc(F)c(F)c1F. The third-order valence-electron chi connectivity index (χ3n) is 2.58. The summed E-state index contributed by atoms with van der Waals surface area (Å²) in [7, 11) is 0. The molecule has 3 N–H and O–H groups in total. The van der Waals surface area contributed by atoms with Gasteiger partial charge in [0.15, 0.2) is 17.5 Å². The molecule has 0 aliphatic heterocycles. The maximum absolute atomic E-state index is 13.4. The van der Waals surface area contributed by atoms with E-state index in [0.717, 1.165) is 12.1 Å². The van der Waals surface area contributed by atoms with Gasteiger partial charge in [-0.3, -0.25) is 4.79 Å². The molecule has 0 aromatic heterocycles. The lowest BCUT2D eigenvalue weighted by molar-refractivity contribution is 0.102. The number of nitrogens with two attached hydrogens (primary N) is 1. The average Bonchev–Trinajstić information content (AvgIpc) is 2.42. The Balaban J connectivity index is 2.33. The summed E-state index contributed by atoms with van der Waals surface area (Å²) in [6.45, 7) is 0. The van der Waals surface area contributed by atoms with Gasteiger partial charge in [-0.15, -0.1) is 0 Å². The van der Waals surface area contributed by atoms with Crippen LogP contribution in [0.4, 0.5) is 24.5 Å². The number of benzene rings is 2. The number of carbonyl (C=O) groups is 1. The summed E-state index contributed by atoms with van der Waals surface area (Å²) in [4.78, 5) is 11.9. The van der Waals surface area contributed by atoms with Gasteiger partial charge in [0.05, 0.1) is 16.9 Å². The van der Waals surface area contributed by atoms with Crippen molar-refractivity contribution in [3.8, 4) is 0 Å². The van der Waals surface area contributed by atoms with Crippen LogP contribution >= 0.6 is 15.9 Å². The van der Waals surface area contributed by atoms with Crippen molar-refractivity contribution in [2.75, 3.05) is 11.1 Å². The van der Waals surface area contributed by atoms with E-state index >= 15 is 0 Å². The van der Waals surface area contributed by atoms with Gasteiger partial charge in [0.25, 0.3) is 5.91 Å². The topological polar surface area (TPSA) is 55.1 Å². The molecule has 2 aromatic carbocycles. The minimum Gasteiger partial charge on any atom is -0.397 e. The van der Waals surface area contributed by atoms with E-state index < -0.39 is 29.0 Å². The van der Waals surface area contributed by atoms with Gasteiger partial charge in [0, 0.05) is 4.47 Å². The van der Waals surface area contributed by atoms with E-state index in [9.17, 15) is 18.0 Å². The molecular formula is C13H8BrF3N2O. The molecule has 1 amide bonds. The Bertz CT molecular complexity index is 692. The van der Waals surface area contributed by atoms with Gasteiger partial charge < -0.3 is 11.1 Å². The van der Waals surface area contributed by atoms with Crippen LogP contribution in [0.5, 0.6) is 0 Å². The van der Waals surface area contributed by atoms with E-state index in [4.69, 9.17) is 5.73 Å². The van der Waals surface area contributed by atoms with Crippen molar-refractivity contribution in [2.45, 2.75) is 0 Å². The first-order chi connectivity index (χ1) is 9.41. The Morgan fingerprint density at radius 3 is 2.50 bits per heavy atom. The van der Waals surface area contributed by atoms with Gasteiger partial charge in [0.1, 0.15) is 0 Å². The third kappa shape index (κ3) is 2.62. The average molecular weight is 345 g/mol. The Kier molecular flexibility index (Phi) is 3.99. The molecule has 0 atom stereocenters. The molecule has 0 radical (unpaired) electrons. The number of nitrogen functional groups attached to an aromatic ring is 1. The van der Waals surface area contributed by atoms with Crippen LogP contribution in [0.3, 0.4) is 0 Å². The number of rotatable bonds is 2. The summed E-state index contributed by atoms with van der Waals surface area (Å²) >= 11 is 3.15. The highest BCUT2D eigenvalue weighted by atomic mass is 79.9. The van der Waals surface area contributed by atoms with E-state index in [-0.39, 0.29) is 11.3 Å². The number of hydrogen-bond donors (Lipinski definition) is 2. The van der Waals surface area contributed by atoms with Crippen molar-refractivity contribution in [1.29, 1.82) is 0 Å². The Hall–Kier alpha value is -2.02. The van der Waals surface area contributed by atoms with Crippen LogP contribution in [0.2, 0.25) is 0 Å². The fourth-order valence-electron chi connectivity index (χ4n) is 1.55. The van der Waals surface area contributed by atoms with Gasteiger partial charge in [0.2, 0.25) is 0 Å². The molecule has 0 aliphatic carbocycles. The first-order valence-corrected chi connectivity index (χ1v) is 6.20. The summed E-state index contributed by atoms with van der Waals surface area (Å²) in [5, 5.41) is 2.14. The molecule has 0 saturated carbocycles. The van der Waals surface area contributed by atoms with Crippen LogP contribution in [0.15, 0.2) is 34.8 Å². The second kappa shape index (κ2) is 5.54. The van der Waals surface area contributed by atoms with Crippen molar-refractivity contribution >= 4 is 33.2 Å². The molecule has 0 saturated heterocycles. The zero-order valence-electron chi connectivity index (χ0n) is 9.88. The fourth-order valence-corrected chi connectivity index (χ4v) is 1.91. The predicted molar refractivity (Wildman–Crippen MR) is 72.8 cm³/mol. The second-order valence-corrected chi connectivity index (χ2v) is 4.73. The third-order valence-corrected chi connectivity index (χ3v) is 3.27. The molecule has 0 aliphatic rings. The zero-order valence-corrected chi connectivity index (χ0v) is 11.5. The molecule has 2 rings (SSSR count). The molecule has 2 aromatic rings. The highest BCUT2D eigenvalue weighted by molar-refractivity contribution is 9.10. The molecule has 20 heavy (non-hydrogen) atoms. The number of carbonyl (C=O) groups excluding carboxylic acids is 1. The van der Waals surface area contributed by atoms with E-state index in [0.29, 0.717) is 4.47 Å². The molecule has 0 unspecified atom stereocenters. The molecule has 0 fully saturated rings. The maximum Gasteiger partial charge on any atom is 0.257 e. The highest BCUT2D eigenvalue weighted by Gasteiger charge is 2.17.